The molecule has 0 unspecified atom stereocenters. The first-order chi connectivity index (χ1) is 8.09. The molecule has 1 aliphatic heterocycles. The Hall–Kier alpha value is -0.140. The number of halogens is 2. The summed E-state index contributed by atoms with van der Waals surface area (Å²) < 4.78 is 7.22. The van der Waals surface area contributed by atoms with Gasteiger partial charge in [-0.05, 0) is 63.1 Å². The maximum atomic E-state index is 12.4. The van der Waals surface area contributed by atoms with Crippen LogP contribution in [0.1, 0.15) is 15.9 Å². The molecule has 1 aliphatic rings. The van der Waals surface area contributed by atoms with Crippen LogP contribution in [0, 0.1) is 10.5 Å². The zero-order valence-electron chi connectivity index (χ0n) is 9.50. The second kappa shape index (κ2) is 5.67. The standard InChI is InChI=1S/C12H13BrINO2/c1-8-6-9(11(14)10(13)7-8)12(16)15-2-4-17-5-3-15/h6-7H,2-5H2,1H3. The fourth-order valence-corrected chi connectivity index (χ4v) is 2.93. The van der Waals surface area contributed by atoms with E-state index in [2.05, 4.69) is 38.5 Å². The molecule has 1 aromatic rings. The van der Waals surface area contributed by atoms with Crippen LogP contribution in [0.4, 0.5) is 0 Å². The van der Waals surface area contributed by atoms with E-state index in [-0.39, 0.29) is 5.91 Å². The molecule has 0 aromatic heterocycles. The molecule has 0 radical (unpaired) electrons. The highest BCUT2D eigenvalue weighted by molar-refractivity contribution is 14.1. The van der Waals surface area contributed by atoms with Crippen LogP contribution in [0.15, 0.2) is 16.6 Å². The Labute approximate surface area is 123 Å². The van der Waals surface area contributed by atoms with Gasteiger partial charge in [0, 0.05) is 21.1 Å². The van der Waals surface area contributed by atoms with Crippen molar-refractivity contribution in [2.75, 3.05) is 26.3 Å². The molecule has 0 N–H and O–H groups in total. The first kappa shape index (κ1) is 13.3. The van der Waals surface area contributed by atoms with Gasteiger partial charge in [0.15, 0.2) is 0 Å². The number of aryl methyl sites for hydroxylation is 1. The fraction of sp³-hybridized carbons (Fsp3) is 0.417. The summed E-state index contributed by atoms with van der Waals surface area (Å²) in [5.41, 5.74) is 1.87. The predicted octanol–water partition coefficient (Wildman–Crippen LogP) is 2.83. The van der Waals surface area contributed by atoms with Gasteiger partial charge in [-0.1, -0.05) is 0 Å². The molecule has 0 saturated carbocycles. The summed E-state index contributed by atoms with van der Waals surface area (Å²) in [6, 6.07) is 3.97. The van der Waals surface area contributed by atoms with Gasteiger partial charge in [-0.2, -0.15) is 0 Å². The van der Waals surface area contributed by atoms with E-state index in [4.69, 9.17) is 4.74 Å². The Kier molecular flexibility index (Phi) is 4.43. The highest BCUT2D eigenvalue weighted by Crippen LogP contribution is 2.25. The monoisotopic (exact) mass is 409 g/mol. The van der Waals surface area contributed by atoms with Gasteiger partial charge < -0.3 is 9.64 Å². The van der Waals surface area contributed by atoms with E-state index in [9.17, 15) is 4.79 Å². The predicted molar refractivity (Wildman–Crippen MR) is 78.3 cm³/mol. The minimum atomic E-state index is 0.0992. The van der Waals surface area contributed by atoms with E-state index in [1.165, 1.54) is 0 Å². The van der Waals surface area contributed by atoms with E-state index >= 15 is 0 Å². The van der Waals surface area contributed by atoms with E-state index in [0.717, 1.165) is 19.2 Å². The van der Waals surface area contributed by atoms with Gasteiger partial charge >= 0.3 is 0 Å². The van der Waals surface area contributed by atoms with E-state index in [1.54, 1.807) is 0 Å². The second-order valence-corrected chi connectivity index (χ2v) is 5.95. The number of nitrogens with zero attached hydrogens (tertiary/aromatic N) is 1. The van der Waals surface area contributed by atoms with Gasteiger partial charge in [0.1, 0.15) is 0 Å². The van der Waals surface area contributed by atoms with Gasteiger partial charge in [0.05, 0.1) is 18.8 Å². The third kappa shape index (κ3) is 3.00. The van der Waals surface area contributed by atoms with Crippen molar-refractivity contribution in [3.05, 3.63) is 31.3 Å². The fourth-order valence-electron chi connectivity index (χ4n) is 1.82. The number of benzene rings is 1. The molecule has 3 nitrogen and oxygen atoms in total. The molecule has 0 aliphatic carbocycles. The van der Waals surface area contributed by atoms with Crippen LogP contribution in [-0.2, 0) is 4.74 Å². The van der Waals surface area contributed by atoms with Crippen LogP contribution in [0.3, 0.4) is 0 Å². The summed E-state index contributed by atoms with van der Waals surface area (Å²) in [7, 11) is 0. The second-order valence-electron chi connectivity index (χ2n) is 4.01. The smallest absolute Gasteiger partial charge is 0.255 e. The molecule has 1 aromatic carbocycles. The van der Waals surface area contributed by atoms with Gasteiger partial charge in [-0.3, -0.25) is 4.79 Å². The van der Waals surface area contributed by atoms with E-state index in [0.29, 0.717) is 26.3 Å². The Morgan fingerprint density at radius 3 is 2.71 bits per heavy atom. The normalized spacial score (nSPS) is 16.1. The van der Waals surface area contributed by atoms with Gasteiger partial charge in [-0.25, -0.2) is 0 Å². The van der Waals surface area contributed by atoms with Crippen molar-refractivity contribution >= 4 is 44.4 Å². The average Bonchev–Trinajstić information content (AvgIpc) is 2.34. The summed E-state index contributed by atoms with van der Waals surface area (Å²) in [4.78, 5) is 14.2. The lowest BCUT2D eigenvalue weighted by atomic mass is 10.1. The van der Waals surface area contributed by atoms with Crippen LogP contribution in [0.25, 0.3) is 0 Å². The third-order valence-corrected chi connectivity index (χ3v) is 5.23. The topological polar surface area (TPSA) is 29.5 Å². The molecule has 1 saturated heterocycles. The molecule has 0 spiro atoms. The first-order valence-electron chi connectivity index (χ1n) is 5.42. The molecule has 1 amide bonds. The van der Waals surface area contributed by atoms with Gasteiger partial charge in [0.25, 0.3) is 5.91 Å². The number of carbonyl (C=O) groups is 1. The Bertz CT molecular complexity index is 444. The molecule has 5 heteroatoms. The number of hydrogen-bond donors (Lipinski definition) is 0. The molecule has 17 heavy (non-hydrogen) atoms. The Morgan fingerprint density at radius 1 is 1.41 bits per heavy atom. The summed E-state index contributed by atoms with van der Waals surface area (Å²) in [5, 5.41) is 0. The molecule has 2 rings (SSSR count). The summed E-state index contributed by atoms with van der Waals surface area (Å²) in [5.74, 6) is 0.0992. The van der Waals surface area contributed by atoms with Crippen molar-refractivity contribution < 1.29 is 9.53 Å². The highest BCUT2D eigenvalue weighted by atomic mass is 127. The molecular weight excluding hydrogens is 397 g/mol. The summed E-state index contributed by atoms with van der Waals surface area (Å²) in [6.45, 7) is 4.63. The van der Waals surface area contributed by atoms with Crippen LogP contribution in [0.5, 0.6) is 0 Å². The minimum absolute atomic E-state index is 0.0992. The summed E-state index contributed by atoms with van der Waals surface area (Å²) in [6.07, 6.45) is 0. The van der Waals surface area contributed by atoms with Crippen molar-refractivity contribution in [1.82, 2.24) is 4.90 Å². The number of rotatable bonds is 1. The van der Waals surface area contributed by atoms with Crippen LogP contribution < -0.4 is 0 Å². The molecular formula is C12H13BrINO2. The SMILES string of the molecule is Cc1cc(Br)c(I)c(C(=O)N2CCOCC2)c1. The number of ether oxygens (including phenoxy) is 1. The lowest BCUT2D eigenvalue weighted by Gasteiger charge is -2.27. The van der Waals surface area contributed by atoms with Crippen LogP contribution in [0.2, 0.25) is 0 Å². The number of carbonyl (C=O) groups excluding carboxylic acids is 1. The minimum Gasteiger partial charge on any atom is -0.378 e. The van der Waals surface area contributed by atoms with Crippen molar-refractivity contribution in [2.24, 2.45) is 0 Å². The molecule has 0 atom stereocenters. The maximum absolute atomic E-state index is 12.4. The van der Waals surface area contributed by atoms with Crippen molar-refractivity contribution in [3.63, 3.8) is 0 Å². The van der Waals surface area contributed by atoms with E-state index < -0.39 is 0 Å². The van der Waals surface area contributed by atoms with Gasteiger partial charge in [0.2, 0.25) is 0 Å². The average molecular weight is 410 g/mol. The van der Waals surface area contributed by atoms with Crippen molar-refractivity contribution in [2.45, 2.75) is 6.92 Å². The third-order valence-electron chi connectivity index (χ3n) is 2.70. The van der Waals surface area contributed by atoms with Gasteiger partial charge in [-0.15, -0.1) is 0 Å². The number of morpholine rings is 1. The van der Waals surface area contributed by atoms with Crippen molar-refractivity contribution in [1.29, 1.82) is 0 Å². The Balaban J connectivity index is 2.29. The quantitative estimate of drug-likeness (QED) is 0.667. The van der Waals surface area contributed by atoms with Crippen LogP contribution >= 0.6 is 38.5 Å². The molecule has 1 fully saturated rings. The number of hydrogen-bond acceptors (Lipinski definition) is 2. The van der Waals surface area contributed by atoms with Crippen molar-refractivity contribution in [3.8, 4) is 0 Å². The molecule has 0 bridgehead atoms. The lowest BCUT2D eigenvalue weighted by Crippen LogP contribution is -2.41. The zero-order valence-corrected chi connectivity index (χ0v) is 13.2. The largest absolute Gasteiger partial charge is 0.378 e. The first-order valence-corrected chi connectivity index (χ1v) is 7.29. The maximum Gasteiger partial charge on any atom is 0.255 e. The van der Waals surface area contributed by atoms with Crippen LogP contribution in [-0.4, -0.2) is 37.1 Å². The zero-order chi connectivity index (χ0) is 12.4. The number of amides is 1. The molecule has 92 valence electrons. The summed E-state index contributed by atoms with van der Waals surface area (Å²) >= 11 is 5.69. The Morgan fingerprint density at radius 2 is 2.06 bits per heavy atom. The van der Waals surface area contributed by atoms with E-state index in [1.807, 2.05) is 24.0 Å². The lowest BCUT2D eigenvalue weighted by molar-refractivity contribution is 0.0302. The highest BCUT2D eigenvalue weighted by Gasteiger charge is 2.21. The molecule has 1 heterocycles.